The third kappa shape index (κ3) is 3.44. The van der Waals surface area contributed by atoms with E-state index in [-0.39, 0.29) is 23.7 Å². The van der Waals surface area contributed by atoms with E-state index in [4.69, 9.17) is 9.47 Å². The van der Waals surface area contributed by atoms with E-state index >= 15 is 0 Å². The summed E-state index contributed by atoms with van der Waals surface area (Å²) < 4.78 is 10.2. The molecular formula is C17H16O5. The molecule has 2 aromatic carbocycles. The first-order chi connectivity index (χ1) is 10.5. The summed E-state index contributed by atoms with van der Waals surface area (Å²) in [5.74, 6) is 0.413. The Kier molecular flexibility index (Phi) is 4.78. The van der Waals surface area contributed by atoms with Gasteiger partial charge in [-0.1, -0.05) is 0 Å². The zero-order valence-corrected chi connectivity index (χ0v) is 12.3. The highest BCUT2D eigenvalue weighted by atomic mass is 16.5. The van der Waals surface area contributed by atoms with Crippen LogP contribution in [0.15, 0.2) is 42.5 Å². The first-order valence-corrected chi connectivity index (χ1v) is 6.62. The summed E-state index contributed by atoms with van der Waals surface area (Å²) in [6.45, 7) is 0. The van der Waals surface area contributed by atoms with Crippen LogP contribution in [-0.4, -0.2) is 30.9 Å². The normalized spacial score (nSPS) is 10.1. The third-order valence-corrected chi connectivity index (χ3v) is 3.22. The fraction of sp³-hybridized carbons (Fsp3) is 0.176. The maximum Gasteiger partial charge on any atom is 0.170 e. The molecule has 0 spiro atoms. The number of methoxy groups -OCH3 is 2. The minimum atomic E-state index is -0.306. The molecule has 0 aliphatic carbocycles. The number of ether oxygens (including phenoxy) is 2. The molecule has 5 nitrogen and oxygen atoms in total. The van der Waals surface area contributed by atoms with Gasteiger partial charge in [0.05, 0.1) is 20.6 Å². The average molecular weight is 300 g/mol. The van der Waals surface area contributed by atoms with Crippen molar-refractivity contribution in [2.45, 2.75) is 6.42 Å². The molecule has 0 heterocycles. The van der Waals surface area contributed by atoms with Gasteiger partial charge in [0.15, 0.2) is 23.1 Å². The molecule has 0 bridgehead atoms. The van der Waals surface area contributed by atoms with Crippen LogP contribution in [0.5, 0.6) is 17.2 Å². The number of carbonyl (C=O) groups is 2. The second-order valence-corrected chi connectivity index (χ2v) is 4.64. The molecule has 0 aliphatic heterocycles. The van der Waals surface area contributed by atoms with Crippen molar-refractivity contribution in [2.75, 3.05) is 14.2 Å². The lowest BCUT2D eigenvalue weighted by atomic mass is 10.0. The van der Waals surface area contributed by atoms with Crippen molar-refractivity contribution in [3.05, 3.63) is 53.6 Å². The molecule has 0 aliphatic rings. The first-order valence-electron chi connectivity index (χ1n) is 6.62. The van der Waals surface area contributed by atoms with Gasteiger partial charge in [-0.2, -0.15) is 0 Å². The lowest BCUT2D eigenvalue weighted by molar-refractivity contribution is 0.0894. The molecule has 2 aromatic rings. The van der Waals surface area contributed by atoms with E-state index in [9.17, 15) is 14.7 Å². The number of phenols is 1. The number of phenolic OH excluding ortho intramolecular Hbond substituents is 1. The quantitative estimate of drug-likeness (QED) is 0.656. The molecular weight excluding hydrogens is 284 g/mol. The standard InChI is InChI=1S/C17H16O5/c1-21-16-8-5-12(9-17(16)22-2)15(20)10-14(19)11-3-6-13(18)7-4-11/h3-9,18H,10H2,1-2H3. The molecule has 2 rings (SSSR count). The monoisotopic (exact) mass is 300 g/mol. The minimum Gasteiger partial charge on any atom is -0.508 e. The maximum absolute atomic E-state index is 12.2. The number of benzene rings is 2. The molecule has 0 radical (unpaired) electrons. The van der Waals surface area contributed by atoms with Crippen molar-refractivity contribution in [2.24, 2.45) is 0 Å². The van der Waals surface area contributed by atoms with E-state index in [1.54, 1.807) is 18.2 Å². The van der Waals surface area contributed by atoms with Gasteiger partial charge < -0.3 is 14.6 Å². The van der Waals surface area contributed by atoms with Crippen LogP contribution in [0.1, 0.15) is 27.1 Å². The van der Waals surface area contributed by atoms with Crippen molar-refractivity contribution in [1.82, 2.24) is 0 Å². The smallest absolute Gasteiger partial charge is 0.170 e. The molecule has 1 N–H and O–H groups in total. The zero-order valence-electron chi connectivity index (χ0n) is 12.3. The van der Waals surface area contributed by atoms with E-state index in [1.165, 1.54) is 38.5 Å². The van der Waals surface area contributed by atoms with Gasteiger partial charge in [0, 0.05) is 11.1 Å². The Bertz CT molecular complexity index is 689. The summed E-state index contributed by atoms with van der Waals surface area (Å²) in [6.07, 6.45) is -0.250. The van der Waals surface area contributed by atoms with Crippen molar-refractivity contribution in [3.8, 4) is 17.2 Å². The second-order valence-electron chi connectivity index (χ2n) is 4.64. The second kappa shape index (κ2) is 6.76. The van der Waals surface area contributed by atoms with Gasteiger partial charge in [-0.25, -0.2) is 0 Å². The molecule has 0 aromatic heterocycles. The SMILES string of the molecule is COc1ccc(C(=O)CC(=O)c2ccc(O)cc2)cc1OC. The maximum atomic E-state index is 12.2. The van der Waals surface area contributed by atoms with Gasteiger partial charge >= 0.3 is 0 Å². The summed E-state index contributed by atoms with van der Waals surface area (Å²) in [7, 11) is 2.99. The number of Topliss-reactive ketones (excluding diaryl/α,β-unsaturated/α-hetero) is 2. The number of ketones is 2. The number of rotatable bonds is 6. The highest BCUT2D eigenvalue weighted by molar-refractivity contribution is 6.13. The lowest BCUT2D eigenvalue weighted by Crippen LogP contribution is -2.09. The van der Waals surface area contributed by atoms with Crippen LogP contribution in [0.4, 0.5) is 0 Å². The van der Waals surface area contributed by atoms with E-state index in [1.807, 2.05) is 0 Å². The molecule has 22 heavy (non-hydrogen) atoms. The predicted molar refractivity (Wildman–Crippen MR) is 80.9 cm³/mol. The number of aromatic hydroxyl groups is 1. The minimum absolute atomic E-state index is 0.0720. The van der Waals surface area contributed by atoms with Crippen LogP contribution in [0, 0.1) is 0 Å². The Morgan fingerprint density at radius 3 is 2.00 bits per heavy atom. The fourth-order valence-electron chi connectivity index (χ4n) is 2.01. The molecule has 0 fully saturated rings. The van der Waals surface area contributed by atoms with Crippen molar-refractivity contribution < 1.29 is 24.2 Å². The summed E-state index contributed by atoms with van der Waals surface area (Å²) in [4.78, 5) is 24.3. The van der Waals surface area contributed by atoms with E-state index in [2.05, 4.69) is 0 Å². The lowest BCUT2D eigenvalue weighted by Gasteiger charge is -2.09. The van der Waals surface area contributed by atoms with E-state index in [0.717, 1.165) is 0 Å². The Labute approximate surface area is 128 Å². The highest BCUT2D eigenvalue weighted by Gasteiger charge is 2.15. The van der Waals surface area contributed by atoms with Crippen LogP contribution in [-0.2, 0) is 0 Å². The zero-order chi connectivity index (χ0) is 16.1. The van der Waals surface area contributed by atoms with Gasteiger partial charge in [0.1, 0.15) is 5.75 Å². The van der Waals surface area contributed by atoms with E-state index < -0.39 is 0 Å². The average Bonchev–Trinajstić information content (AvgIpc) is 2.54. The Morgan fingerprint density at radius 1 is 0.864 bits per heavy atom. The largest absolute Gasteiger partial charge is 0.508 e. The van der Waals surface area contributed by atoms with Crippen molar-refractivity contribution in [1.29, 1.82) is 0 Å². The van der Waals surface area contributed by atoms with Crippen LogP contribution in [0.2, 0.25) is 0 Å². The number of carbonyl (C=O) groups excluding carboxylic acids is 2. The van der Waals surface area contributed by atoms with Crippen molar-refractivity contribution >= 4 is 11.6 Å². The summed E-state index contributed by atoms with van der Waals surface area (Å²) in [5.41, 5.74) is 0.761. The van der Waals surface area contributed by atoms with Crippen LogP contribution >= 0.6 is 0 Å². The Morgan fingerprint density at radius 2 is 1.41 bits per heavy atom. The molecule has 0 unspecified atom stereocenters. The fourth-order valence-corrected chi connectivity index (χ4v) is 2.01. The number of hydrogen-bond donors (Lipinski definition) is 1. The first kappa shape index (κ1) is 15.6. The summed E-state index contributed by atoms with van der Waals surface area (Å²) in [5, 5.41) is 9.20. The molecule has 0 saturated carbocycles. The van der Waals surface area contributed by atoms with Gasteiger partial charge in [0.2, 0.25) is 0 Å². The molecule has 0 atom stereocenters. The van der Waals surface area contributed by atoms with E-state index in [0.29, 0.717) is 22.6 Å². The summed E-state index contributed by atoms with van der Waals surface area (Å²) in [6, 6.07) is 10.6. The van der Waals surface area contributed by atoms with Gasteiger partial charge in [0.25, 0.3) is 0 Å². The molecule has 0 saturated heterocycles. The molecule has 0 amide bonds. The van der Waals surface area contributed by atoms with Crippen LogP contribution < -0.4 is 9.47 Å². The Hall–Kier alpha value is -2.82. The van der Waals surface area contributed by atoms with Gasteiger partial charge in [-0.05, 0) is 42.5 Å². The number of hydrogen-bond acceptors (Lipinski definition) is 5. The van der Waals surface area contributed by atoms with Crippen LogP contribution in [0.3, 0.4) is 0 Å². The Balaban J connectivity index is 2.15. The third-order valence-electron chi connectivity index (χ3n) is 3.22. The summed E-state index contributed by atoms with van der Waals surface area (Å²) >= 11 is 0. The molecule has 114 valence electrons. The topological polar surface area (TPSA) is 72.8 Å². The van der Waals surface area contributed by atoms with Gasteiger partial charge in [-0.15, -0.1) is 0 Å². The molecule has 5 heteroatoms. The highest BCUT2D eigenvalue weighted by Crippen LogP contribution is 2.28. The van der Waals surface area contributed by atoms with Crippen LogP contribution in [0.25, 0.3) is 0 Å². The predicted octanol–water partition coefficient (Wildman–Crippen LogP) is 2.87. The van der Waals surface area contributed by atoms with Crippen molar-refractivity contribution in [3.63, 3.8) is 0 Å². The van der Waals surface area contributed by atoms with Gasteiger partial charge in [-0.3, -0.25) is 9.59 Å².